The molecule has 39 heavy (non-hydrogen) atoms. The highest BCUT2D eigenvalue weighted by Gasteiger charge is 2.26. The summed E-state index contributed by atoms with van der Waals surface area (Å²) in [6, 6.07) is 9.33. The molecule has 0 aliphatic carbocycles. The Morgan fingerprint density at radius 2 is 1.69 bits per heavy atom. The van der Waals surface area contributed by atoms with Crippen LogP contribution in [-0.4, -0.2) is 85.2 Å². The Hall–Kier alpha value is -3.43. The molecule has 4 aromatic rings. The van der Waals surface area contributed by atoms with Gasteiger partial charge in [0.05, 0.1) is 18.1 Å². The van der Waals surface area contributed by atoms with Crippen LogP contribution in [0.5, 0.6) is 0 Å². The lowest BCUT2D eigenvalue weighted by Gasteiger charge is -2.38. The van der Waals surface area contributed by atoms with Crippen molar-refractivity contribution in [3.63, 3.8) is 0 Å². The molecule has 2 unspecified atom stereocenters. The molecule has 204 valence electrons. The summed E-state index contributed by atoms with van der Waals surface area (Å²) in [7, 11) is 2.21. The molecule has 0 saturated carbocycles. The molecule has 3 aromatic heterocycles. The standard InChI is InChI=1S/C30H39N9/c1-20-17-36(5)12-13-37(20)18-24-6-8-26(9-7-24)29-31-15-27(16-32-29)38-11-10-25(19-38)14-28-21(2)33-30-34-23(4)35-39(30)22(28)3/h6-9,15-16,20,25H,10-14,17-19H2,1-5H3. The SMILES string of the molecule is Cc1nc2nc(C)c(CC3CCN(c4cnc(-c5ccc(CN6CCN(C)CC6C)cc5)nc4)C3)c(C)n2n1. The molecule has 0 amide bonds. The second-order valence-electron chi connectivity index (χ2n) is 11.5. The number of benzene rings is 1. The predicted octanol–water partition coefficient (Wildman–Crippen LogP) is 3.71. The molecular formula is C30H39N9. The van der Waals surface area contributed by atoms with Crippen LogP contribution in [0.4, 0.5) is 5.69 Å². The third-order valence-electron chi connectivity index (χ3n) is 8.50. The Morgan fingerprint density at radius 1 is 0.923 bits per heavy atom. The van der Waals surface area contributed by atoms with E-state index >= 15 is 0 Å². The van der Waals surface area contributed by atoms with E-state index in [2.05, 4.69) is 76.9 Å². The van der Waals surface area contributed by atoms with Crippen LogP contribution in [-0.2, 0) is 13.0 Å². The van der Waals surface area contributed by atoms with Crippen molar-refractivity contribution in [1.82, 2.24) is 39.3 Å². The lowest BCUT2D eigenvalue weighted by atomic mass is 9.96. The van der Waals surface area contributed by atoms with Crippen LogP contribution >= 0.6 is 0 Å². The van der Waals surface area contributed by atoms with Crippen molar-refractivity contribution >= 4 is 11.5 Å². The summed E-state index contributed by atoms with van der Waals surface area (Å²) in [5.74, 6) is 2.79. The molecule has 2 atom stereocenters. The highest BCUT2D eigenvalue weighted by molar-refractivity contribution is 5.57. The fourth-order valence-corrected chi connectivity index (χ4v) is 6.17. The van der Waals surface area contributed by atoms with Crippen molar-refractivity contribution < 1.29 is 0 Å². The Kier molecular flexibility index (Phi) is 7.03. The molecule has 9 nitrogen and oxygen atoms in total. The molecule has 2 aliphatic rings. The minimum Gasteiger partial charge on any atom is -0.369 e. The molecule has 5 heterocycles. The third kappa shape index (κ3) is 5.38. The number of hydrogen-bond donors (Lipinski definition) is 0. The van der Waals surface area contributed by atoms with Gasteiger partial charge in [0.15, 0.2) is 5.82 Å². The molecule has 0 N–H and O–H groups in total. The van der Waals surface area contributed by atoms with Crippen LogP contribution in [0.1, 0.15) is 41.7 Å². The van der Waals surface area contributed by atoms with Gasteiger partial charge < -0.3 is 9.80 Å². The van der Waals surface area contributed by atoms with E-state index < -0.39 is 0 Å². The first-order valence-corrected chi connectivity index (χ1v) is 14.1. The van der Waals surface area contributed by atoms with Crippen molar-refractivity contribution in [2.45, 2.75) is 53.1 Å². The summed E-state index contributed by atoms with van der Waals surface area (Å²) >= 11 is 0. The Morgan fingerprint density at radius 3 is 2.44 bits per heavy atom. The molecule has 2 saturated heterocycles. The zero-order chi connectivity index (χ0) is 27.1. The molecule has 0 radical (unpaired) electrons. The van der Waals surface area contributed by atoms with Crippen LogP contribution in [0.2, 0.25) is 0 Å². The van der Waals surface area contributed by atoms with E-state index in [9.17, 15) is 0 Å². The first-order valence-electron chi connectivity index (χ1n) is 14.1. The van der Waals surface area contributed by atoms with Crippen LogP contribution in [0, 0.1) is 26.7 Å². The largest absolute Gasteiger partial charge is 0.369 e. The summed E-state index contributed by atoms with van der Waals surface area (Å²) in [6.45, 7) is 14.8. The maximum atomic E-state index is 4.74. The molecule has 2 fully saturated rings. The zero-order valence-electron chi connectivity index (χ0n) is 23.8. The van der Waals surface area contributed by atoms with E-state index in [1.54, 1.807) is 0 Å². The average molecular weight is 526 g/mol. The van der Waals surface area contributed by atoms with Crippen molar-refractivity contribution in [2.75, 3.05) is 44.7 Å². The number of piperazine rings is 1. The number of aromatic nitrogens is 6. The van der Waals surface area contributed by atoms with E-state index in [0.29, 0.717) is 17.7 Å². The Bertz CT molecular complexity index is 1440. The highest BCUT2D eigenvalue weighted by Crippen LogP contribution is 2.28. The van der Waals surface area contributed by atoms with Crippen molar-refractivity contribution in [1.29, 1.82) is 0 Å². The average Bonchev–Trinajstić information content (AvgIpc) is 3.55. The van der Waals surface area contributed by atoms with Crippen LogP contribution < -0.4 is 4.90 Å². The lowest BCUT2D eigenvalue weighted by molar-refractivity contribution is 0.0938. The van der Waals surface area contributed by atoms with Crippen molar-refractivity contribution in [2.24, 2.45) is 5.92 Å². The van der Waals surface area contributed by atoms with Gasteiger partial charge in [-0.2, -0.15) is 10.1 Å². The molecule has 1 aromatic carbocycles. The number of rotatable bonds is 6. The Labute approximate surface area is 230 Å². The van der Waals surface area contributed by atoms with Gasteiger partial charge in [-0.25, -0.2) is 19.5 Å². The van der Waals surface area contributed by atoms with Crippen molar-refractivity contribution in [3.8, 4) is 11.4 Å². The summed E-state index contributed by atoms with van der Waals surface area (Å²) in [5, 5.41) is 4.53. The van der Waals surface area contributed by atoms with Crippen molar-refractivity contribution in [3.05, 3.63) is 65.0 Å². The minimum atomic E-state index is 0.557. The van der Waals surface area contributed by atoms with Gasteiger partial charge in [-0.15, -0.1) is 0 Å². The van der Waals surface area contributed by atoms with E-state index in [1.165, 1.54) is 11.1 Å². The first kappa shape index (κ1) is 25.8. The maximum Gasteiger partial charge on any atom is 0.252 e. The fourth-order valence-electron chi connectivity index (χ4n) is 6.17. The maximum absolute atomic E-state index is 4.74. The van der Waals surface area contributed by atoms with Crippen LogP contribution in [0.25, 0.3) is 17.2 Å². The van der Waals surface area contributed by atoms with Gasteiger partial charge in [0, 0.05) is 62.3 Å². The number of hydrogen-bond acceptors (Lipinski definition) is 8. The number of fused-ring (bicyclic) bond motifs is 1. The number of nitrogens with zero attached hydrogens (tertiary/aromatic N) is 9. The van der Waals surface area contributed by atoms with Gasteiger partial charge in [0.1, 0.15) is 5.82 Å². The van der Waals surface area contributed by atoms with Gasteiger partial charge in [0.25, 0.3) is 5.78 Å². The summed E-state index contributed by atoms with van der Waals surface area (Å²) in [5.41, 5.74) is 6.99. The summed E-state index contributed by atoms with van der Waals surface area (Å²) < 4.78 is 1.89. The summed E-state index contributed by atoms with van der Waals surface area (Å²) in [6.07, 6.45) is 6.09. The van der Waals surface area contributed by atoms with E-state index in [1.807, 2.05) is 23.8 Å². The molecule has 9 heteroatoms. The lowest BCUT2D eigenvalue weighted by Crippen LogP contribution is -2.49. The topological polar surface area (TPSA) is 78.6 Å². The summed E-state index contributed by atoms with van der Waals surface area (Å²) in [4.78, 5) is 26.0. The predicted molar refractivity (Wildman–Crippen MR) is 154 cm³/mol. The van der Waals surface area contributed by atoms with Gasteiger partial charge in [-0.05, 0) is 64.6 Å². The highest BCUT2D eigenvalue weighted by atomic mass is 15.3. The number of aryl methyl sites for hydroxylation is 3. The normalized spacial score (nSPS) is 20.8. The fraction of sp³-hybridized carbons (Fsp3) is 0.500. The molecule has 0 spiro atoms. The van der Waals surface area contributed by atoms with Gasteiger partial charge in [-0.3, -0.25) is 4.90 Å². The molecule has 6 rings (SSSR count). The van der Waals surface area contributed by atoms with Crippen LogP contribution in [0.15, 0.2) is 36.7 Å². The van der Waals surface area contributed by atoms with Gasteiger partial charge in [0.2, 0.25) is 0 Å². The number of likely N-dealkylation sites (N-methyl/N-ethyl adjacent to an activating group) is 1. The van der Waals surface area contributed by atoms with Gasteiger partial charge >= 0.3 is 0 Å². The second kappa shape index (κ2) is 10.6. The monoisotopic (exact) mass is 525 g/mol. The zero-order valence-corrected chi connectivity index (χ0v) is 23.8. The van der Waals surface area contributed by atoms with E-state index in [0.717, 1.165) is 86.4 Å². The number of anilines is 1. The van der Waals surface area contributed by atoms with E-state index in [4.69, 9.17) is 15.0 Å². The molecule has 2 aliphatic heterocycles. The first-order chi connectivity index (χ1) is 18.8. The quantitative estimate of drug-likeness (QED) is 0.377. The smallest absolute Gasteiger partial charge is 0.252 e. The molecule has 0 bridgehead atoms. The van der Waals surface area contributed by atoms with Crippen LogP contribution in [0.3, 0.4) is 0 Å². The molecular weight excluding hydrogens is 486 g/mol. The van der Waals surface area contributed by atoms with E-state index in [-0.39, 0.29) is 0 Å². The Balaban J connectivity index is 1.08. The third-order valence-corrected chi connectivity index (χ3v) is 8.50. The minimum absolute atomic E-state index is 0.557. The van der Waals surface area contributed by atoms with Gasteiger partial charge in [-0.1, -0.05) is 24.3 Å². The second-order valence-corrected chi connectivity index (χ2v) is 11.5.